The number of nitrogens with one attached hydrogen (secondary N) is 1. The van der Waals surface area contributed by atoms with Crippen LogP contribution in [0.25, 0.3) is 0 Å². The number of anilines is 1. The molecule has 142 valence electrons. The lowest BCUT2D eigenvalue weighted by atomic mass is 10.1. The van der Waals surface area contributed by atoms with Crippen molar-refractivity contribution in [3.63, 3.8) is 0 Å². The summed E-state index contributed by atoms with van der Waals surface area (Å²) >= 11 is 13.1. The minimum atomic E-state index is -0.0966. The van der Waals surface area contributed by atoms with Gasteiger partial charge in [-0.3, -0.25) is 9.59 Å². The van der Waals surface area contributed by atoms with Crippen LogP contribution in [-0.4, -0.2) is 17.4 Å². The second-order valence-corrected chi connectivity index (χ2v) is 8.02. The van der Waals surface area contributed by atoms with Gasteiger partial charge in [-0.15, -0.1) is 11.8 Å². The average molecular weight is 430 g/mol. The van der Waals surface area contributed by atoms with Crippen LogP contribution in [-0.2, 0) is 11.2 Å². The van der Waals surface area contributed by atoms with Gasteiger partial charge in [-0.2, -0.15) is 0 Å². The zero-order valence-electron chi connectivity index (χ0n) is 14.8. The quantitative estimate of drug-likeness (QED) is 0.361. The normalized spacial score (nSPS) is 10.5. The van der Waals surface area contributed by atoms with Crippen LogP contribution in [0, 0.1) is 0 Å². The molecule has 6 heteroatoms. The molecule has 28 heavy (non-hydrogen) atoms. The van der Waals surface area contributed by atoms with Gasteiger partial charge < -0.3 is 5.32 Å². The van der Waals surface area contributed by atoms with E-state index in [1.165, 1.54) is 11.8 Å². The number of hydrogen-bond acceptors (Lipinski definition) is 3. The Bertz CT molecular complexity index is 955. The van der Waals surface area contributed by atoms with E-state index in [1.807, 2.05) is 36.4 Å². The molecule has 0 spiro atoms. The summed E-state index contributed by atoms with van der Waals surface area (Å²) in [5.74, 6) is 0.284. The third-order valence-electron chi connectivity index (χ3n) is 3.95. The number of ketones is 1. The third-order valence-corrected chi connectivity index (χ3v) is 5.47. The largest absolute Gasteiger partial charge is 0.326 e. The van der Waals surface area contributed by atoms with Crippen molar-refractivity contribution in [1.82, 2.24) is 0 Å². The number of Topliss-reactive ketones (excluding diaryl/α,β-unsaturated/α-hetero) is 1. The molecule has 0 fully saturated rings. The summed E-state index contributed by atoms with van der Waals surface area (Å²) in [5.41, 5.74) is 2.25. The van der Waals surface area contributed by atoms with E-state index in [0.29, 0.717) is 27.0 Å². The summed E-state index contributed by atoms with van der Waals surface area (Å²) in [6.07, 6.45) is 0.281. The molecule has 0 radical (unpaired) electrons. The fourth-order valence-corrected chi connectivity index (χ4v) is 3.54. The molecule has 1 N–H and O–H groups in total. The highest BCUT2D eigenvalue weighted by atomic mass is 35.5. The molecule has 1 amide bonds. The summed E-state index contributed by atoms with van der Waals surface area (Å²) < 4.78 is 0. The van der Waals surface area contributed by atoms with Gasteiger partial charge in [0.05, 0.1) is 12.2 Å². The molecule has 0 bridgehead atoms. The zero-order valence-corrected chi connectivity index (χ0v) is 17.2. The molecule has 0 saturated heterocycles. The maximum atomic E-state index is 12.2. The Kier molecular flexibility index (Phi) is 7.15. The molecule has 0 saturated carbocycles. The highest BCUT2D eigenvalue weighted by molar-refractivity contribution is 8.00. The molecular formula is C22H17Cl2NO2S. The van der Waals surface area contributed by atoms with Crippen molar-refractivity contribution in [2.24, 2.45) is 0 Å². The van der Waals surface area contributed by atoms with Gasteiger partial charge >= 0.3 is 0 Å². The van der Waals surface area contributed by atoms with Gasteiger partial charge in [0.15, 0.2) is 5.78 Å². The van der Waals surface area contributed by atoms with Crippen molar-refractivity contribution in [2.45, 2.75) is 11.3 Å². The molecule has 3 aromatic carbocycles. The summed E-state index contributed by atoms with van der Waals surface area (Å²) in [6.45, 7) is 0. The maximum Gasteiger partial charge on any atom is 0.228 e. The predicted octanol–water partition coefficient (Wildman–Crippen LogP) is 6.15. The molecule has 0 aliphatic heterocycles. The molecule has 0 aromatic heterocycles. The summed E-state index contributed by atoms with van der Waals surface area (Å²) in [6, 6.07) is 21.5. The lowest BCUT2D eigenvalue weighted by Crippen LogP contribution is -2.14. The van der Waals surface area contributed by atoms with E-state index < -0.39 is 0 Å². The van der Waals surface area contributed by atoms with Crippen LogP contribution in [0.15, 0.2) is 77.7 Å². The predicted molar refractivity (Wildman–Crippen MR) is 117 cm³/mol. The monoisotopic (exact) mass is 429 g/mol. The minimum absolute atomic E-state index is 0.0435. The Morgan fingerprint density at radius 3 is 1.96 bits per heavy atom. The van der Waals surface area contributed by atoms with E-state index in [9.17, 15) is 9.59 Å². The first-order valence-corrected chi connectivity index (χ1v) is 10.3. The van der Waals surface area contributed by atoms with Crippen LogP contribution in [0.4, 0.5) is 5.69 Å². The fourth-order valence-electron chi connectivity index (χ4n) is 2.50. The van der Waals surface area contributed by atoms with Crippen LogP contribution >= 0.6 is 35.0 Å². The Hall–Kier alpha value is -2.27. The Morgan fingerprint density at radius 1 is 0.786 bits per heavy atom. The van der Waals surface area contributed by atoms with Crippen LogP contribution in [0.5, 0.6) is 0 Å². The Morgan fingerprint density at radius 2 is 1.36 bits per heavy atom. The molecule has 0 heterocycles. The van der Waals surface area contributed by atoms with Crippen LogP contribution in [0.3, 0.4) is 0 Å². The van der Waals surface area contributed by atoms with Gasteiger partial charge in [0.1, 0.15) is 0 Å². The van der Waals surface area contributed by atoms with Gasteiger partial charge in [0.25, 0.3) is 0 Å². The number of hydrogen-bond donors (Lipinski definition) is 1. The van der Waals surface area contributed by atoms with Crippen molar-refractivity contribution in [1.29, 1.82) is 0 Å². The second kappa shape index (κ2) is 9.78. The molecule has 3 aromatic rings. The molecule has 0 unspecified atom stereocenters. The highest BCUT2D eigenvalue weighted by Crippen LogP contribution is 2.22. The number of thioether (sulfide) groups is 1. The molecule has 0 aliphatic rings. The number of benzene rings is 3. The van der Waals surface area contributed by atoms with Gasteiger partial charge in [-0.25, -0.2) is 0 Å². The summed E-state index contributed by atoms with van der Waals surface area (Å²) in [5, 5.41) is 4.12. The van der Waals surface area contributed by atoms with Crippen molar-refractivity contribution < 1.29 is 9.59 Å². The SMILES string of the molecule is O=C(Cc1ccc(Cl)cc1)Nc1ccc(SCC(=O)c2ccc(Cl)cc2)cc1. The first-order chi connectivity index (χ1) is 13.5. The number of halogens is 2. The summed E-state index contributed by atoms with van der Waals surface area (Å²) in [4.78, 5) is 25.3. The van der Waals surface area contributed by atoms with Crippen LogP contribution in [0.2, 0.25) is 10.0 Å². The number of carbonyl (C=O) groups is 2. The lowest BCUT2D eigenvalue weighted by molar-refractivity contribution is -0.115. The van der Waals surface area contributed by atoms with Gasteiger partial charge in [0, 0.05) is 26.2 Å². The van der Waals surface area contributed by atoms with E-state index in [-0.39, 0.29) is 18.1 Å². The average Bonchev–Trinajstić information content (AvgIpc) is 2.69. The van der Waals surface area contributed by atoms with Crippen LogP contribution < -0.4 is 5.32 Å². The number of rotatable bonds is 7. The maximum absolute atomic E-state index is 12.2. The van der Waals surface area contributed by atoms with E-state index in [0.717, 1.165) is 10.5 Å². The van der Waals surface area contributed by atoms with Crippen LogP contribution in [0.1, 0.15) is 15.9 Å². The topological polar surface area (TPSA) is 46.2 Å². The van der Waals surface area contributed by atoms with E-state index >= 15 is 0 Å². The van der Waals surface area contributed by atoms with E-state index in [4.69, 9.17) is 23.2 Å². The third kappa shape index (κ3) is 6.13. The van der Waals surface area contributed by atoms with E-state index in [1.54, 1.807) is 36.4 Å². The van der Waals surface area contributed by atoms with Crippen molar-refractivity contribution in [3.05, 3.63) is 94.0 Å². The Balaban J connectivity index is 1.50. The first kappa shape index (κ1) is 20.5. The molecule has 3 rings (SSSR count). The molecule has 0 aliphatic carbocycles. The minimum Gasteiger partial charge on any atom is -0.326 e. The zero-order chi connectivity index (χ0) is 19.9. The standard InChI is InChI=1S/C22H17Cl2NO2S/c23-17-5-1-15(2-6-17)13-22(27)25-19-9-11-20(12-10-19)28-14-21(26)16-3-7-18(24)8-4-16/h1-12H,13-14H2,(H,25,27). The van der Waals surface area contributed by atoms with E-state index in [2.05, 4.69) is 5.32 Å². The van der Waals surface area contributed by atoms with Gasteiger partial charge in [0.2, 0.25) is 5.91 Å². The van der Waals surface area contributed by atoms with Crippen molar-refractivity contribution >= 4 is 52.3 Å². The van der Waals surface area contributed by atoms with Gasteiger partial charge in [-0.1, -0.05) is 35.3 Å². The molecular weight excluding hydrogens is 413 g/mol. The number of carbonyl (C=O) groups excluding carboxylic acids is 2. The number of amides is 1. The molecule has 0 atom stereocenters. The Labute approximate surface area is 178 Å². The summed E-state index contributed by atoms with van der Waals surface area (Å²) in [7, 11) is 0. The highest BCUT2D eigenvalue weighted by Gasteiger charge is 2.08. The fraction of sp³-hybridized carbons (Fsp3) is 0.0909. The van der Waals surface area contributed by atoms with Gasteiger partial charge in [-0.05, 0) is 66.2 Å². The van der Waals surface area contributed by atoms with Crippen molar-refractivity contribution in [2.75, 3.05) is 11.1 Å². The molecule has 3 nitrogen and oxygen atoms in total. The smallest absolute Gasteiger partial charge is 0.228 e. The van der Waals surface area contributed by atoms with Crippen molar-refractivity contribution in [3.8, 4) is 0 Å². The lowest BCUT2D eigenvalue weighted by Gasteiger charge is -2.07. The second-order valence-electron chi connectivity index (χ2n) is 6.09. The first-order valence-electron chi connectivity index (χ1n) is 8.55.